The molecule has 0 saturated carbocycles. The summed E-state index contributed by atoms with van der Waals surface area (Å²) in [5.74, 6) is 0.121. The van der Waals surface area contributed by atoms with Gasteiger partial charge in [-0.2, -0.15) is 5.10 Å². The van der Waals surface area contributed by atoms with Crippen LogP contribution in [-0.2, 0) is 6.42 Å². The summed E-state index contributed by atoms with van der Waals surface area (Å²) in [4.78, 5) is 4.35. The molecule has 26 heavy (non-hydrogen) atoms. The molecule has 0 unspecified atom stereocenters. The first kappa shape index (κ1) is 17.7. The Hall–Kier alpha value is -3.15. The minimum atomic E-state index is -0.262. The first-order valence-electron chi connectivity index (χ1n) is 8.45. The maximum atomic E-state index is 13.0. The molecule has 2 aromatic carbocycles. The van der Waals surface area contributed by atoms with Crippen molar-refractivity contribution < 1.29 is 4.39 Å². The van der Waals surface area contributed by atoms with Gasteiger partial charge < -0.3 is 11.1 Å². The molecule has 0 spiro atoms. The number of anilines is 1. The summed E-state index contributed by atoms with van der Waals surface area (Å²) < 4.78 is 14.7. The van der Waals surface area contributed by atoms with Crippen LogP contribution in [0.5, 0.6) is 0 Å². The molecule has 1 heterocycles. The van der Waals surface area contributed by atoms with Crippen LogP contribution in [0.25, 0.3) is 5.69 Å². The number of nitrogens with two attached hydrogens (primary N) is 1. The molecule has 1 aromatic heterocycles. The van der Waals surface area contributed by atoms with Crippen LogP contribution in [0.1, 0.15) is 16.8 Å². The minimum Gasteiger partial charge on any atom is -0.370 e. The molecule has 3 N–H and O–H groups in total. The number of aromatic nitrogens is 2. The van der Waals surface area contributed by atoms with E-state index in [0.717, 1.165) is 17.1 Å². The van der Waals surface area contributed by atoms with Crippen molar-refractivity contribution in [3.05, 3.63) is 77.4 Å². The van der Waals surface area contributed by atoms with Crippen LogP contribution in [-0.4, -0.2) is 22.3 Å². The Morgan fingerprint density at radius 2 is 1.81 bits per heavy atom. The lowest BCUT2D eigenvalue weighted by atomic mass is 10.1. The van der Waals surface area contributed by atoms with Crippen molar-refractivity contribution in [2.45, 2.75) is 20.3 Å². The van der Waals surface area contributed by atoms with Gasteiger partial charge in [0.25, 0.3) is 0 Å². The lowest BCUT2D eigenvalue weighted by Gasteiger charge is -2.07. The van der Waals surface area contributed by atoms with E-state index in [4.69, 9.17) is 5.73 Å². The number of nitrogens with one attached hydrogen (secondary N) is 1. The second-order valence-electron chi connectivity index (χ2n) is 6.25. The molecule has 0 radical (unpaired) electrons. The van der Waals surface area contributed by atoms with Gasteiger partial charge in [0.1, 0.15) is 5.82 Å². The van der Waals surface area contributed by atoms with Gasteiger partial charge in [0, 0.05) is 24.8 Å². The third kappa shape index (κ3) is 4.69. The molecule has 5 nitrogen and oxygen atoms in total. The van der Waals surface area contributed by atoms with E-state index in [1.54, 1.807) is 16.8 Å². The molecular formula is C20H22FN5. The Kier molecular flexibility index (Phi) is 5.31. The van der Waals surface area contributed by atoms with Crippen molar-refractivity contribution in [1.29, 1.82) is 0 Å². The number of aliphatic imine (C=N–C) groups is 1. The minimum absolute atomic E-state index is 0.262. The third-order valence-electron chi connectivity index (χ3n) is 3.88. The predicted molar refractivity (Wildman–Crippen MR) is 103 cm³/mol. The van der Waals surface area contributed by atoms with Gasteiger partial charge >= 0.3 is 0 Å². The Balaban J connectivity index is 1.57. The molecule has 3 aromatic rings. The summed E-state index contributed by atoms with van der Waals surface area (Å²) in [6, 6.07) is 14.3. The maximum Gasteiger partial charge on any atom is 0.193 e. The van der Waals surface area contributed by atoms with Crippen molar-refractivity contribution in [2.75, 3.05) is 11.9 Å². The number of guanidine groups is 1. The number of halogens is 1. The molecule has 0 atom stereocenters. The van der Waals surface area contributed by atoms with Gasteiger partial charge in [-0.1, -0.05) is 6.07 Å². The fourth-order valence-corrected chi connectivity index (χ4v) is 2.76. The van der Waals surface area contributed by atoms with Gasteiger partial charge in [-0.15, -0.1) is 0 Å². The average Bonchev–Trinajstić information content (AvgIpc) is 3.03. The Bertz CT molecular complexity index is 892. The van der Waals surface area contributed by atoms with E-state index >= 15 is 0 Å². The van der Waals surface area contributed by atoms with E-state index in [9.17, 15) is 4.39 Å². The second kappa shape index (κ2) is 7.82. The van der Waals surface area contributed by atoms with Gasteiger partial charge in [0.2, 0.25) is 0 Å². The molecule has 6 heteroatoms. The summed E-state index contributed by atoms with van der Waals surface area (Å²) >= 11 is 0. The zero-order valence-electron chi connectivity index (χ0n) is 14.9. The van der Waals surface area contributed by atoms with Crippen molar-refractivity contribution >= 4 is 11.6 Å². The standard InChI is InChI=1S/C20H22FN5/c1-14-11-15(2)13-18(12-14)24-20(22)23-9-7-17-8-10-26(25-17)19-5-3-16(21)4-6-19/h3-6,8,10-13H,7,9H2,1-2H3,(H3,22,23,24). The molecule has 134 valence electrons. The molecule has 0 amide bonds. The van der Waals surface area contributed by atoms with Crippen LogP contribution in [0.2, 0.25) is 0 Å². The lowest BCUT2D eigenvalue weighted by molar-refractivity contribution is 0.627. The molecule has 0 aliphatic heterocycles. The van der Waals surface area contributed by atoms with Gasteiger partial charge in [0.15, 0.2) is 5.96 Å². The van der Waals surface area contributed by atoms with Gasteiger partial charge in [-0.3, -0.25) is 4.99 Å². The van der Waals surface area contributed by atoms with Gasteiger partial charge in [-0.25, -0.2) is 9.07 Å². The first-order chi connectivity index (χ1) is 12.5. The van der Waals surface area contributed by atoms with Crippen molar-refractivity contribution in [3.63, 3.8) is 0 Å². The summed E-state index contributed by atoms with van der Waals surface area (Å²) in [5.41, 5.74) is 11.0. The van der Waals surface area contributed by atoms with E-state index in [2.05, 4.69) is 21.5 Å². The number of rotatable bonds is 5. The fraction of sp³-hybridized carbons (Fsp3) is 0.200. The summed E-state index contributed by atoms with van der Waals surface area (Å²) in [7, 11) is 0. The first-order valence-corrected chi connectivity index (χ1v) is 8.45. The van der Waals surface area contributed by atoms with E-state index < -0.39 is 0 Å². The van der Waals surface area contributed by atoms with E-state index in [1.165, 1.54) is 23.3 Å². The van der Waals surface area contributed by atoms with Crippen LogP contribution in [0.3, 0.4) is 0 Å². The van der Waals surface area contributed by atoms with Crippen molar-refractivity contribution in [1.82, 2.24) is 9.78 Å². The highest BCUT2D eigenvalue weighted by Crippen LogP contribution is 2.13. The molecule has 0 fully saturated rings. The highest BCUT2D eigenvalue weighted by molar-refractivity contribution is 5.92. The number of hydrogen-bond donors (Lipinski definition) is 2. The van der Waals surface area contributed by atoms with E-state index in [0.29, 0.717) is 18.9 Å². The topological polar surface area (TPSA) is 68.2 Å². The zero-order chi connectivity index (χ0) is 18.5. The fourth-order valence-electron chi connectivity index (χ4n) is 2.76. The average molecular weight is 351 g/mol. The highest BCUT2D eigenvalue weighted by atomic mass is 19.1. The van der Waals surface area contributed by atoms with E-state index in [-0.39, 0.29) is 5.82 Å². The number of hydrogen-bond acceptors (Lipinski definition) is 2. The van der Waals surface area contributed by atoms with Crippen molar-refractivity contribution in [2.24, 2.45) is 10.7 Å². The largest absolute Gasteiger partial charge is 0.370 e. The Labute approximate surface area is 152 Å². The monoisotopic (exact) mass is 351 g/mol. The quantitative estimate of drug-likeness (QED) is 0.545. The smallest absolute Gasteiger partial charge is 0.193 e. The van der Waals surface area contributed by atoms with Crippen molar-refractivity contribution in [3.8, 4) is 5.69 Å². The van der Waals surface area contributed by atoms with Gasteiger partial charge in [0.05, 0.1) is 11.4 Å². The SMILES string of the molecule is Cc1cc(C)cc(NC(N)=NCCc2ccn(-c3ccc(F)cc3)n2)c1. The normalized spacial score (nSPS) is 11.6. The third-order valence-corrected chi connectivity index (χ3v) is 3.88. The highest BCUT2D eigenvalue weighted by Gasteiger charge is 2.02. The Morgan fingerprint density at radius 1 is 1.12 bits per heavy atom. The molecule has 3 rings (SSSR count). The summed E-state index contributed by atoms with van der Waals surface area (Å²) in [6.45, 7) is 4.62. The summed E-state index contributed by atoms with van der Waals surface area (Å²) in [6.07, 6.45) is 2.52. The Morgan fingerprint density at radius 3 is 2.50 bits per heavy atom. The molecule has 0 aliphatic rings. The zero-order valence-corrected chi connectivity index (χ0v) is 14.9. The molecule has 0 bridgehead atoms. The van der Waals surface area contributed by atoms with E-state index in [1.807, 2.05) is 38.2 Å². The van der Waals surface area contributed by atoms with Crippen LogP contribution < -0.4 is 11.1 Å². The second-order valence-corrected chi connectivity index (χ2v) is 6.25. The van der Waals surface area contributed by atoms with Crippen LogP contribution >= 0.6 is 0 Å². The maximum absolute atomic E-state index is 13.0. The molecular weight excluding hydrogens is 329 g/mol. The summed E-state index contributed by atoms with van der Waals surface area (Å²) in [5, 5.41) is 7.59. The van der Waals surface area contributed by atoms with Crippen LogP contribution in [0, 0.1) is 19.7 Å². The molecule has 0 saturated heterocycles. The molecule has 0 aliphatic carbocycles. The lowest BCUT2D eigenvalue weighted by Crippen LogP contribution is -2.23. The number of aryl methyl sites for hydroxylation is 2. The van der Waals surface area contributed by atoms with Crippen LogP contribution in [0.15, 0.2) is 59.7 Å². The predicted octanol–water partition coefficient (Wildman–Crippen LogP) is 3.60. The van der Waals surface area contributed by atoms with Crippen LogP contribution in [0.4, 0.5) is 10.1 Å². The number of nitrogens with zero attached hydrogens (tertiary/aromatic N) is 3. The number of benzene rings is 2. The van der Waals surface area contributed by atoms with Gasteiger partial charge in [-0.05, 0) is 67.4 Å².